The Morgan fingerprint density at radius 3 is 2.29 bits per heavy atom. The van der Waals surface area contributed by atoms with E-state index in [-0.39, 0.29) is 17.1 Å². The van der Waals surface area contributed by atoms with Gasteiger partial charge < -0.3 is 9.84 Å². The Bertz CT molecular complexity index is 1330. The summed E-state index contributed by atoms with van der Waals surface area (Å²) < 4.78 is 84.7. The summed E-state index contributed by atoms with van der Waals surface area (Å²) in [7, 11) is 1.27. The van der Waals surface area contributed by atoms with Gasteiger partial charge in [0, 0.05) is 6.21 Å². The predicted molar refractivity (Wildman–Crippen MR) is 117 cm³/mol. The van der Waals surface area contributed by atoms with E-state index in [1.807, 2.05) is 0 Å². The molecular formula is C20H10Cl2F6N4O2S. The monoisotopic (exact) mass is 554 g/mol. The van der Waals surface area contributed by atoms with Crippen molar-refractivity contribution in [3.05, 3.63) is 57.2 Å². The van der Waals surface area contributed by atoms with Crippen molar-refractivity contribution in [3.8, 4) is 23.3 Å². The minimum Gasteiger partial charge on any atom is -0.504 e. The van der Waals surface area contributed by atoms with Crippen LogP contribution in [0.2, 0.25) is 10.0 Å². The summed E-state index contributed by atoms with van der Waals surface area (Å²) in [6.07, 6.45) is -3.73. The van der Waals surface area contributed by atoms with E-state index in [1.54, 1.807) is 0 Å². The zero-order valence-corrected chi connectivity index (χ0v) is 19.4. The standard InChI is InChI=1S/C20H10Cl2F6N4O2S/c1-34-15-4-9(2-3-14(15)33)8-30-18-17(35-20(26,27)28)13(7-29)31-32(18)16-11(21)5-10(6-12(16)22)19(23,24)25/h2-6,8,33H,1H3. The van der Waals surface area contributed by atoms with Gasteiger partial charge in [0.15, 0.2) is 23.0 Å². The first-order chi connectivity index (χ1) is 16.2. The SMILES string of the molecule is COc1cc(C=Nc2c(SC(F)(F)F)c(C#N)nn2-c2c(Cl)cc(C(F)(F)F)cc2Cl)ccc1O. The highest BCUT2D eigenvalue weighted by molar-refractivity contribution is 8.00. The first-order valence-corrected chi connectivity index (χ1v) is 10.6. The molecule has 0 aliphatic heterocycles. The molecule has 35 heavy (non-hydrogen) atoms. The first-order valence-electron chi connectivity index (χ1n) is 9.01. The lowest BCUT2D eigenvalue weighted by Gasteiger charge is -2.13. The van der Waals surface area contributed by atoms with Crippen LogP contribution in [-0.2, 0) is 6.18 Å². The van der Waals surface area contributed by atoms with Crippen LogP contribution in [-0.4, -0.2) is 33.7 Å². The van der Waals surface area contributed by atoms with E-state index in [0.29, 0.717) is 16.8 Å². The van der Waals surface area contributed by atoms with Crippen LogP contribution >= 0.6 is 35.0 Å². The zero-order valence-electron chi connectivity index (χ0n) is 17.0. The second-order valence-electron chi connectivity index (χ2n) is 6.55. The molecule has 184 valence electrons. The molecule has 0 saturated carbocycles. The molecule has 6 nitrogen and oxygen atoms in total. The van der Waals surface area contributed by atoms with E-state index in [9.17, 15) is 36.7 Å². The summed E-state index contributed by atoms with van der Waals surface area (Å²) in [4.78, 5) is 3.26. The molecule has 1 heterocycles. The lowest BCUT2D eigenvalue weighted by molar-refractivity contribution is -0.137. The van der Waals surface area contributed by atoms with Gasteiger partial charge in [0.1, 0.15) is 11.8 Å². The van der Waals surface area contributed by atoms with E-state index in [0.717, 1.165) is 6.21 Å². The number of nitriles is 1. The molecule has 0 unspecified atom stereocenters. The fraction of sp³-hybridized carbons (Fsp3) is 0.150. The Hall–Kier alpha value is -3.08. The largest absolute Gasteiger partial charge is 0.504 e. The molecule has 0 bridgehead atoms. The molecule has 0 atom stereocenters. The van der Waals surface area contributed by atoms with E-state index in [2.05, 4.69) is 10.1 Å². The number of hydrogen-bond donors (Lipinski definition) is 1. The Kier molecular flexibility index (Phi) is 7.49. The Morgan fingerprint density at radius 1 is 1.14 bits per heavy atom. The second-order valence-corrected chi connectivity index (χ2v) is 8.44. The van der Waals surface area contributed by atoms with Crippen molar-refractivity contribution >= 4 is 47.0 Å². The van der Waals surface area contributed by atoms with Crippen LogP contribution in [0.15, 0.2) is 40.2 Å². The van der Waals surface area contributed by atoms with Crippen molar-refractivity contribution in [2.45, 2.75) is 16.6 Å². The second kappa shape index (κ2) is 9.88. The molecule has 1 N–H and O–H groups in total. The molecule has 0 fully saturated rings. The van der Waals surface area contributed by atoms with Gasteiger partial charge in [-0.1, -0.05) is 23.2 Å². The summed E-state index contributed by atoms with van der Waals surface area (Å²) in [5.74, 6) is -0.739. The number of ether oxygens (including phenoxy) is 1. The summed E-state index contributed by atoms with van der Waals surface area (Å²) >= 11 is 11.3. The van der Waals surface area contributed by atoms with Gasteiger partial charge in [-0.25, -0.2) is 9.67 Å². The number of nitrogens with zero attached hydrogens (tertiary/aromatic N) is 4. The van der Waals surface area contributed by atoms with Crippen LogP contribution < -0.4 is 4.74 Å². The maximum absolute atomic E-state index is 13.2. The van der Waals surface area contributed by atoms with Crippen molar-refractivity contribution in [2.24, 2.45) is 4.99 Å². The highest BCUT2D eigenvalue weighted by Gasteiger charge is 2.36. The minimum absolute atomic E-state index is 0.0406. The van der Waals surface area contributed by atoms with E-state index < -0.39 is 61.1 Å². The Labute approximate surface area is 207 Å². The number of alkyl halides is 6. The molecule has 0 aliphatic carbocycles. The van der Waals surface area contributed by atoms with Crippen LogP contribution in [0.4, 0.5) is 32.2 Å². The van der Waals surface area contributed by atoms with Crippen LogP contribution in [0.3, 0.4) is 0 Å². The lowest BCUT2D eigenvalue weighted by Crippen LogP contribution is -2.07. The molecular weight excluding hydrogens is 545 g/mol. The van der Waals surface area contributed by atoms with Gasteiger partial charge in [-0.2, -0.15) is 36.7 Å². The fourth-order valence-electron chi connectivity index (χ4n) is 2.79. The van der Waals surface area contributed by atoms with Crippen molar-refractivity contribution in [3.63, 3.8) is 0 Å². The maximum atomic E-state index is 13.2. The molecule has 0 aliphatic rings. The summed E-state index contributed by atoms with van der Waals surface area (Å²) in [5.41, 5.74) is -6.93. The smallest absolute Gasteiger partial charge is 0.446 e. The third kappa shape index (κ3) is 5.95. The van der Waals surface area contributed by atoms with E-state index >= 15 is 0 Å². The van der Waals surface area contributed by atoms with Crippen molar-refractivity contribution in [2.75, 3.05) is 7.11 Å². The maximum Gasteiger partial charge on any atom is 0.446 e. The van der Waals surface area contributed by atoms with Gasteiger partial charge in [-0.05, 0) is 47.7 Å². The van der Waals surface area contributed by atoms with Crippen LogP contribution in [0.5, 0.6) is 11.5 Å². The average Bonchev–Trinajstić information content (AvgIpc) is 3.07. The normalized spacial score (nSPS) is 12.2. The molecule has 0 spiro atoms. The number of methoxy groups -OCH3 is 1. The quantitative estimate of drug-likeness (QED) is 0.206. The van der Waals surface area contributed by atoms with Crippen LogP contribution in [0.25, 0.3) is 5.69 Å². The van der Waals surface area contributed by atoms with Crippen molar-refractivity contribution in [1.82, 2.24) is 9.78 Å². The number of phenols is 1. The number of halogens is 8. The molecule has 3 aromatic rings. The molecule has 0 saturated heterocycles. The van der Waals surface area contributed by atoms with Gasteiger partial charge in [0.2, 0.25) is 0 Å². The van der Waals surface area contributed by atoms with Crippen molar-refractivity contribution < 1.29 is 36.2 Å². The number of rotatable bonds is 5. The summed E-state index contributed by atoms with van der Waals surface area (Å²) in [5, 5.41) is 21.6. The topological polar surface area (TPSA) is 83.4 Å². The van der Waals surface area contributed by atoms with Gasteiger partial charge in [0.25, 0.3) is 0 Å². The highest BCUT2D eigenvalue weighted by atomic mass is 35.5. The predicted octanol–water partition coefficient (Wildman–Crippen LogP) is 7.15. The molecule has 2 aromatic carbocycles. The fourth-order valence-corrected chi connectivity index (χ4v) is 4.08. The number of hydrogen-bond acceptors (Lipinski definition) is 6. The number of benzene rings is 2. The Morgan fingerprint density at radius 2 is 1.77 bits per heavy atom. The highest BCUT2D eigenvalue weighted by Crippen LogP contribution is 2.46. The number of aromatic hydroxyl groups is 1. The Balaban J connectivity index is 2.26. The lowest BCUT2D eigenvalue weighted by atomic mass is 10.2. The number of aromatic nitrogens is 2. The van der Waals surface area contributed by atoms with E-state index in [4.69, 9.17) is 27.9 Å². The minimum atomic E-state index is -4.86. The molecule has 15 heteroatoms. The summed E-state index contributed by atoms with van der Waals surface area (Å²) in [6.45, 7) is 0. The first kappa shape index (κ1) is 26.5. The molecule has 0 amide bonds. The third-order valence-corrected chi connectivity index (χ3v) is 5.63. The van der Waals surface area contributed by atoms with E-state index in [1.165, 1.54) is 31.4 Å². The van der Waals surface area contributed by atoms with Gasteiger partial charge >= 0.3 is 11.7 Å². The molecule has 3 rings (SSSR count). The zero-order chi connectivity index (χ0) is 26.1. The summed E-state index contributed by atoms with van der Waals surface area (Å²) in [6, 6.07) is 6.46. The number of thioether (sulfide) groups is 1. The average molecular weight is 555 g/mol. The van der Waals surface area contributed by atoms with Gasteiger partial charge in [0.05, 0.1) is 27.6 Å². The van der Waals surface area contributed by atoms with Gasteiger partial charge in [-0.3, -0.25) is 0 Å². The van der Waals surface area contributed by atoms with Crippen LogP contribution in [0.1, 0.15) is 16.8 Å². The van der Waals surface area contributed by atoms with Gasteiger partial charge in [-0.15, -0.1) is 0 Å². The number of aliphatic imine (C=N–C) groups is 1. The van der Waals surface area contributed by atoms with Crippen LogP contribution in [0, 0.1) is 11.3 Å². The molecule has 0 radical (unpaired) electrons. The number of phenolic OH excluding ortho intramolecular Hbond substituents is 1. The molecule has 1 aromatic heterocycles. The van der Waals surface area contributed by atoms with Crippen molar-refractivity contribution in [1.29, 1.82) is 5.26 Å². The third-order valence-electron chi connectivity index (χ3n) is 4.24.